The Balaban J connectivity index is 1.95. The molecule has 1 amide bonds. The van der Waals surface area contributed by atoms with Gasteiger partial charge in [-0.05, 0) is 62.8 Å². The van der Waals surface area contributed by atoms with Crippen LogP contribution in [0.5, 0.6) is 5.75 Å². The number of ether oxygens (including phenoxy) is 2. The molecule has 5 nitrogen and oxygen atoms in total. The van der Waals surface area contributed by atoms with Crippen molar-refractivity contribution in [2.24, 2.45) is 0 Å². The Morgan fingerprint density at radius 3 is 2.92 bits per heavy atom. The topological polar surface area (TPSA) is 55.8 Å². The van der Waals surface area contributed by atoms with Crippen LogP contribution in [0.1, 0.15) is 26.8 Å². The van der Waals surface area contributed by atoms with E-state index in [9.17, 15) is 9.59 Å². The normalized spacial score (nSPS) is 14.6. The minimum absolute atomic E-state index is 0.0768. The number of halogens is 2. The van der Waals surface area contributed by atoms with Crippen LogP contribution >= 0.6 is 49.9 Å². The van der Waals surface area contributed by atoms with E-state index in [2.05, 4.69) is 38.5 Å². The number of thiophene rings is 1. The number of benzene rings is 1. The van der Waals surface area contributed by atoms with Gasteiger partial charge in [0.05, 0.1) is 15.9 Å². The SMILES string of the molecule is COCOc1ccc(I)cc1C(C=O)N1Cc2sc(Br)cc2C1=O. The zero-order valence-electron chi connectivity index (χ0n) is 12.6. The van der Waals surface area contributed by atoms with Crippen LogP contribution in [0, 0.1) is 3.57 Å². The third kappa shape index (κ3) is 3.37. The number of aldehydes is 1. The number of carbonyl (C=O) groups excluding carboxylic acids is 2. The Hall–Kier alpha value is -0.970. The third-order valence-electron chi connectivity index (χ3n) is 3.67. The molecule has 126 valence electrons. The second kappa shape index (κ2) is 7.51. The highest BCUT2D eigenvalue weighted by Crippen LogP contribution is 2.39. The van der Waals surface area contributed by atoms with Crippen LogP contribution in [-0.4, -0.2) is 31.0 Å². The van der Waals surface area contributed by atoms with Gasteiger partial charge in [-0.3, -0.25) is 4.79 Å². The van der Waals surface area contributed by atoms with Crippen LogP contribution in [0.4, 0.5) is 0 Å². The molecule has 1 aliphatic heterocycles. The molecule has 24 heavy (non-hydrogen) atoms. The summed E-state index contributed by atoms with van der Waals surface area (Å²) in [5, 5.41) is 0. The van der Waals surface area contributed by atoms with Gasteiger partial charge in [-0.25, -0.2) is 0 Å². The van der Waals surface area contributed by atoms with Crippen LogP contribution < -0.4 is 4.74 Å². The molecule has 1 unspecified atom stereocenters. The van der Waals surface area contributed by atoms with Crippen molar-refractivity contribution in [3.63, 3.8) is 0 Å². The Morgan fingerprint density at radius 2 is 2.25 bits per heavy atom. The summed E-state index contributed by atoms with van der Waals surface area (Å²) in [6, 6.07) is 6.65. The van der Waals surface area contributed by atoms with Crippen LogP contribution in [0.3, 0.4) is 0 Å². The highest BCUT2D eigenvalue weighted by molar-refractivity contribution is 14.1. The molecular weight excluding hydrogens is 509 g/mol. The molecule has 0 saturated heterocycles. The van der Waals surface area contributed by atoms with E-state index < -0.39 is 6.04 Å². The van der Waals surface area contributed by atoms with E-state index in [1.165, 1.54) is 18.4 Å². The molecule has 2 aromatic rings. The van der Waals surface area contributed by atoms with Gasteiger partial charge in [-0.2, -0.15) is 0 Å². The maximum Gasteiger partial charge on any atom is 0.256 e. The molecule has 0 fully saturated rings. The zero-order chi connectivity index (χ0) is 17.3. The Morgan fingerprint density at radius 1 is 1.46 bits per heavy atom. The minimum Gasteiger partial charge on any atom is -0.467 e. The number of methoxy groups -OCH3 is 1. The first-order valence-corrected chi connectivity index (χ1v) is 9.69. The van der Waals surface area contributed by atoms with Crippen molar-refractivity contribution in [3.8, 4) is 5.75 Å². The van der Waals surface area contributed by atoms with Crippen LogP contribution in [0.2, 0.25) is 0 Å². The van der Waals surface area contributed by atoms with Crippen molar-refractivity contribution in [1.82, 2.24) is 4.90 Å². The van der Waals surface area contributed by atoms with Gasteiger partial charge in [0.25, 0.3) is 5.91 Å². The van der Waals surface area contributed by atoms with Gasteiger partial charge in [0.2, 0.25) is 0 Å². The highest BCUT2D eigenvalue weighted by atomic mass is 127. The molecule has 3 rings (SSSR count). The summed E-state index contributed by atoms with van der Waals surface area (Å²) in [6.07, 6.45) is 0.786. The number of hydrogen-bond acceptors (Lipinski definition) is 5. The first kappa shape index (κ1) is 17.8. The fraction of sp³-hybridized carbons (Fsp3) is 0.250. The maximum atomic E-state index is 12.7. The molecule has 0 aliphatic carbocycles. The van der Waals surface area contributed by atoms with Gasteiger partial charge in [0.1, 0.15) is 18.1 Å². The van der Waals surface area contributed by atoms with Crippen molar-refractivity contribution in [2.45, 2.75) is 12.6 Å². The van der Waals surface area contributed by atoms with Crippen molar-refractivity contribution < 1.29 is 19.1 Å². The summed E-state index contributed by atoms with van der Waals surface area (Å²) in [5.41, 5.74) is 1.32. The number of rotatable bonds is 6. The summed E-state index contributed by atoms with van der Waals surface area (Å²) in [7, 11) is 1.53. The number of fused-ring (bicyclic) bond motifs is 1. The lowest BCUT2D eigenvalue weighted by molar-refractivity contribution is -0.112. The van der Waals surface area contributed by atoms with E-state index in [0.717, 1.165) is 18.5 Å². The Bertz CT molecular complexity index is 794. The van der Waals surface area contributed by atoms with Gasteiger partial charge in [-0.1, -0.05) is 0 Å². The molecule has 1 aromatic heterocycles. The lowest BCUT2D eigenvalue weighted by atomic mass is 10.1. The van der Waals surface area contributed by atoms with Gasteiger partial charge in [0, 0.05) is 21.1 Å². The zero-order valence-corrected chi connectivity index (χ0v) is 17.2. The Labute approximate surface area is 165 Å². The van der Waals surface area contributed by atoms with Crippen LogP contribution in [0.15, 0.2) is 28.1 Å². The second-order valence-corrected chi connectivity index (χ2v) is 8.90. The molecule has 1 aliphatic rings. The first-order chi connectivity index (χ1) is 11.5. The summed E-state index contributed by atoms with van der Waals surface area (Å²) < 4.78 is 12.4. The predicted octanol–water partition coefficient (Wildman–Crippen LogP) is 3.99. The average molecular weight is 522 g/mol. The van der Waals surface area contributed by atoms with Gasteiger partial charge >= 0.3 is 0 Å². The monoisotopic (exact) mass is 521 g/mol. The van der Waals surface area contributed by atoms with Crippen molar-refractivity contribution >= 4 is 62.1 Å². The van der Waals surface area contributed by atoms with Gasteiger partial charge < -0.3 is 19.2 Å². The summed E-state index contributed by atoms with van der Waals surface area (Å²) in [5.74, 6) is 0.402. The number of carbonyl (C=O) groups is 2. The molecular formula is C16H13BrINO4S. The summed E-state index contributed by atoms with van der Waals surface area (Å²) in [6.45, 7) is 0.496. The smallest absolute Gasteiger partial charge is 0.256 e. The van der Waals surface area contributed by atoms with Gasteiger partial charge in [-0.15, -0.1) is 11.3 Å². The van der Waals surface area contributed by atoms with Gasteiger partial charge in [0.15, 0.2) is 6.79 Å². The van der Waals surface area contributed by atoms with E-state index in [-0.39, 0.29) is 12.7 Å². The van der Waals surface area contributed by atoms with Crippen molar-refractivity contribution in [3.05, 3.63) is 47.6 Å². The fourth-order valence-corrected chi connectivity index (χ4v) is 4.82. The van der Waals surface area contributed by atoms with Crippen molar-refractivity contribution in [2.75, 3.05) is 13.9 Å². The maximum absolute atomic E-state index is 12.7. The largest absolute Gasteiger partial charge is 0.467 e. The molecule has 0 spiro atoms. The molecule has 0 radical (unpaired) electrons. The molecule has 1 aromatic carbocycles. The standard InChI is InChI=1S/C16H13BrINO4S/c1-22-8-23-13-3-2-9(18)4-10(13)12(7-20)19-6-14-11(16(19)21)5-15(17)24-14/h2-5,7,12H,6,8H2,1H3. The highest BCUT2D eigenvalue weighted by Gasteiger charge is 2.36. The number of nitrogens with zero attached hydrogens (tertiary/aromatic N) is 1. The first-order valence-electron chi connectivity index (χ1n) is 7.00. The summed E-state index contributed by atoms with van der Waals surface area (Å²) in [4.78, 5) is 27.0. The molecule has 8 heteroatoms. The van der Waals surface area contributed by atoms with Crippen LogP contribution in [0.25, 0.3) is 0 Å². The lowest BCUT2D eigenvalue weighted by Crippen LogP contribution is -2.30. The number of amides is 1. The van der Waals surface area contributed by atoms with E-state index in [4.69, 9.17) is 9.47 Å². The summed E-state index contributed by atoms with van der Waals surface area (Å²) >= 11 is 7.08. The Kier molecular flexibility index (Phi) is 5.58. The van der Waals surface area contributed by atoms with Crippen LogP contribution in [-0.2, 0) is 16.1 Å². The van der Waals surface area contributed by atoms with E-state index in [0.29, 0.717) is 23.4 Å². The molecule has 0 N–H and O–H groups in total. The molecule has 0 saturated carbocycles. The third-order valence-corrected chi connectivity index (χ3v) is 5.97. The molecule has 2 heterocycles. The van der Waals surface area contributed by atoms with Crippen molar-refractivity contribution in [1.29, 1.82) is 0 Å². The van der Waals surface area contributed by atoms with E-state index >= 15 is 0 Å². The predicted molar refractivity (Wildman–Crippen MR) is 102 cm³/mol. The van der Waals surface area contributed by atoms with E-state index in [1.807, 2.05) is 12.1 Å². The lowest BCUT2D eigenvalue weighted by Gasteiger charge is -2.25. The minimum atomic E-state index is -0.697. The fourth-order valence-electron chi connectivity index (χ4n) is 2.62. The molecule has 1 atom stereocenters. The number of hydrogen-bond donors (Lipinski definition) is 0. The second-order valence-electron chi connectivity index (χ2n) is 5.13. The molecule has 0 bridgehead atoms. The average Bonchev–Trinajstić information content (AvgIpc) is 3.06. The quantitative estimate of drug-likeness (QED) is 0.327. The van der Waals surface area contributed by atoms with E-state index in [1.54, 1.807) is 17.0 Å².